The summed E-state index contributed by atoms with van der Waals surface area (Å²) in [5, 5.41) is 0.785. The van der Waals surface area contributed by atoms with Crippen LogP contribution in [0.25, 0.3) is 44.5 Å². The molecule has 3 aromatic heterocycles. The maximum absolute atomic E-state index is 14.9. The van der Waals surface area contributed by atoms with E-state index in [0.717, 1.165) is 33.5 Å². The number of aryl methyl sites for hydroxylation is 3. The Morgan fingerprint density at radius 2 is 1.70 bits per heavy atom. The highest BCUT2D eigenvalue weighted by molar-refractivity contribution is 6.09. The van der Waals surface area contributed by atoms with Gasteiger partial charge >= 0.3 is 0 Å². The Kier molecular flexibility index (Phi) is 4.13. The van der Waals surface area contributed by atoms with Crippen molar-refractivity contribution in [2.45, 2.75) is 13.8 Å². The van der Waals surface area contributed by atoms with Crippen molar-refractivity contribution in [3.63, 3.8) is 0 Å². The summed E-state index contributed by atoms with van der Waals surface area (Å²) in [4.78, 5) is 3.81. The molecular formula is C25H19F2N2O+. The number of rotatable bonds is 2. The van der Waals surface area contributed by atoms with Crippen LogP contribution in [0.1, 0.15) is 11.1 Å². The zero-order chi connectivity index (χ0) is 21.0. The third-order valence-electron chi connectivity index (χ3n) is 5.55. The number of hydrogen-bond donors (Lipinski definition) is 0. The van der Waals surface area contributed by atoms with Crippen LogP contribution in [0.15, 0.2) is 65.2 Å². The first-order valence-corrected chi connectivity index (χ1v) is 9.68. The highest BCUT2D eigenvalue weighted by Crippen LogP contribution is 2.38. The topological polar surface area (TPSA) is 29.9 Å². The quantitative estimate of drug-likeness (QED) is 0.267. The summed E-state index contributed by atoms with van der Waals surface area (Å²) in [6, 6.07) is 16.5. The number of halogens is 2. The molecule has 5 heteroatoms. The first-order valence-electron chi connectivity index (χ1n) is 9.68. The fourth-order valence-electron chi connectivity index (χ4n) is 4.12. The van der Waals surface area contributed by atoms with E-state index in [-0.39, 0.29) is 5.71 Å². The van der Waals surface area contributed by atoms with Gasteiger partial charge in [-0.05, 0) is 48.7 Å². The fraction of sp³-hybridized carbons (Fsp3) is 0.120. The third-order valence-corrected chi connectivity index (χ3v) is 5.55. The molecule has 3 heterocycles. The van der Waals surface area contributed by atoms with Gasteiger partial charge in [0.05, 0.1) is 16.3 Å². The summed E-state index contributed by atoms with van der Waals surface area (Å²) in [5.41, 5.74) is 6.20. The van der Waals surface area contributed by atoms with E-state index in [1.54, 1.807) is 0 Å². The van der Waals surface area contributed by atoms with Gasteiger partial charge in [0.2, 0.25) is 17.4 Å². The highest BCUT2D eigenvalue weighted by atomic mass is 19.1. The van der Waals surface area contributed by atoms with Gasteiger partial charge in [-0.15, -0.1) is 0 Å². The molecule has 0 N–H and O–H groups in total. The van der Waals surface area contributed by atoms with Crippen molar-refractivity contribution in [1.82, 2.24) is 4.98 Å². The predicted molar refractivity (Wildman–Crippen MR) is 113 cm³/mol. The van der Waals surface area contributed by atoms with Crippen LogP contribution in [0.3, 0.4) is 0 Å². The molecule has 0 aliphatic rings. The number of pyridine rings is 2. The van der Waals surface area contributed by atoms with E-state index < -0.39 is 11.8 Å². The molecule has 5 aromatic rings. The van der Waals surface area contributed by atoms with Crippen molar-refractivity contribution < 1.29 is 17.8 Å². The molecule has 0 fully saturated rings. The lowest BCUT2D eigenvalue weighted by atomic mass is 9.96. The van der Waals surface area contributed by atoms with E-state index >= 15 is 0 Å². The minimum absolute atomic E-state index is 0.0935. The standard InChI is InChI=1S/C25H19F2N2O/c1-14-12-20(29(3)13-18(14)16-7-5-4-6-8-16)22-15(2)11-19(26)23-17-9-10-21(27)28-25(17)30-24(22)23/h4-13H,1-3H3/q+1. The molecule has 0 unspecified atom stereocenters. The van der Waals surface area contributed by atoms with Gasteiger partial charge in [0.15, 0.2) is 11.8 Å². The molecule has 5 rings (SSSR count). The molecule has 148 valence electrons. The Morgan fingerprint density at radius 1 is 0.933 bits per heavy atom. The lowest BCUT2D eigenvalue weighted by molar-refractivity contribution is -0.659. The molecule has 0 saturated carbocycles. The Hall–Kier alpha value is -3.60. The second kappa shape index (κ2) is 6.73. The molecule has 0 bridgehead atoms. The highest BCUT2D eigenvalue weighted by Gasteiger charge is 2.25. The molecule has 0 radical (unpaired) electrons. The number of nitrogens with zero attached hydrogens (tertiary/aromatic N) is 2. The van der Waals surface area contributed by atoms with Gasteiger partial charge in [0.25, 0.3) is 0 Å². The molecule has 0 aliphatic heterocycles. The fourth-order valence-corrected chi connectivity index (χ4v) is 4.12. The summed E-state index contributed by atoms with van der Waals surface area (Å²) in [6.07, 6.45) is 2.06. The number of furan rings is 1. The van der Waals surface area contributed by atoms with Crippen molar-refractivity contribution in [3.05, 3.63) is 83.7 Å². The summed E-state index contributed by atoms with van der Waals surface area (Å²) >= 11 is 0. The van der Waals surface area contributed by atoms with Crippen molar-refractivity contribution in [2.24, 2.45) is 7.05 Å². The zero-order valence-electron chi connectivity index (χ0n) is 16.8. The first-order chi connectivity index (χ1) is 14.4. The summed E-state index contributed by atoms with van der Waals surface area (Å²) in [6.45, 7) is 3.90. The van der Waals surface area contributed by atoms with Crippen molar-refractivity contribution >= 4 is 22.1 Å². The second-order valence-corrected chi connectivity index (χ2v) is 7.58. The smallest absolute Gasteiger partial charge is 0.230 e. The predicted octanol–water partition coefficient (Wildman–Crippen LogP) is 6.03. The molecule has 0 saturated heterocycles. The van der Waals surface area contributed by atoms with Crippen LogP contribution in [0, 0.1) is 25.6 Å². The Bertz CT molecular complexity index is 1440. The third kappa shape index (κ3) is 2.77. The SMILES string of the molecule is Cc1cc(-c2c(C)cc(F)c3c2oc2nc(F)ccc23)[n+](C)cc1-c1ccccc1. The minimum atomic E-state index is -0.658. The van der Waals surface area contributed by atoms with Crippen LogP contribution in [0.2, 0.25) is 0 Å². The largest absolute Gasteiger partial charge is 0.437 e. The van der Waals surface area contributed by atoms with E-state index in [1.165, 1.54) is 18.2 Å². The van der Waals surface area contributed by atoms with E-state index in [4.69, 9.17) is 4.42 Å². The monoisotopic (exact) mass is 401 g/mol. The second-order valence-electron chi connectivity index (χ2n) is 7.58. The number of fused-ring (bicyclic) bond motifs is 3. The molecule has 0 aliphatic carbocycles. The normalized spacial score (nSPS) is 11.5. The average Bonchev–Trinajstić information content (AvgIpc) is 3.09. The van der Waals surface area contributed by atoms with Gasteiger partial charge < -0.3 is 4.42 Å². The average molecular weight is 401 g/mol. The van der Waals surface area contributed by atoms with Gasteiger partial charge in [-0.2, -0.15) is 9.37 Å². The summed E-state index contributed by atoms with van der Waals surface area (Å²) in [7, 11) is 1.95. The van der Waals surface area contributed by atoms with Crippen LogP contribution in [0.4, 0.5) is 8.78 Å². The van der Waals surface area contributed by atoms with E-state index in [0.29, 0.717) is 16.4 Å². The van der Waals surface area contributed by atoms with Gasteiger partial charge in [-0.1, -0.05) is 30.3 Å². The number of hydrogen-bond acceptors (Lipinski definition) is 2. The van der Waals surface area contributed by atoms with Crippen LogP contribution >= 0.6 is 0 Å². The Morgan fingerprint density at radius 3 is 2.47 bits per heavy atom. The molecule has 30 heavy (non-hydrogen) atoms. The first kappa shape index (κ1) is 18.4. The maximum atomic E-state index is 14.9. The van der Waals surface area contributed by atoms with E-state index in [1.807, 2.05) is 36.7 Å². The molecule has 0 amide bonds. The van der Waals surface area contributed by atoms with Gasteiger partial charge in [-0.3, -0.25) is 0 Å². The maximum Gasteiger partial charge on any atom is 0.230 e. The van der Waals surface area contributed by atoms with E-state index in [2.05, 4.69) is 36.3 Å². The minimum Gasteiger partial charge on any atom is -0.437 e. The lowest BCUT2D eigenvalue weighted by Gasteiger charge is -2.10. The molecular weight excluding hydrogens is 382 g/mol. The van der Waals surface area contributed by atoms with Crippen molar-refractivity contribution in [3.8, 4) is 22.4 Å². The lowest BCUT2D eigenvalue weighted by Crippen LogP contribution is -2.31. The van der Waals surface area contributed by atoms with Crippen LogP contribution in [-0.2, 0) is 7.05 Å². The Labute approximate surface area is 172 Å². The zero-order valence-corrected chi connectivity index (χ0v) is 16.8. The molecule has 3 nitrogen and oxygen atoms in total. The molecule has 2 aromatic carbocycles. The Balaban J connectivity index is 1.81. The van der Waals surface area contributed by atoms with Crippen LogP contribution in [0.5, 0.6) is 0 Å². The molecule has 0 atom stereocenters. The number of benzene rings is 2. The number of aromatic nitrogens is 2. The summed E-state index contributed by atoms with van der Waals surface area (Å²) < 4.78 is 36.4. The van der Waals surface area contributed by atoms with Crippen LogP contribution < -0.4 is 4.57 Å². The van der Waals surface area contributed by atoms with Crippen molar-refractivity contribution in [1.29, 1.82) is 0 Å². The van der Waals surface area contributed by atoms with E-state index in [9.17, 15) is 8.78 Å². The van der Waals surface area contributed by atoms with Gasteiger partial charge in [-0.25, -0.2) is 8.96 Å². The summed E-state index contributed by atoms with van der Waals surface area (Å²) in [5.74, 6) is -1.06. The van der Waals surface area contributed by atoms with Gasteiger partial charge in [0.1, 0.15) is 12.9 Å². The van der Waals surface area contributed by atoms with Gasteiger partial charge in [0, 0.05) is 11.6 Å². The van der Waals surface area contributed by atoms with Crippen molar-refractivity contribution in [2.75, 3.05) is 0 Å². The molecule has 0 spiro atoms. The van der Waals surface area contributed by atoms with Crippen LogP contribution in [-0.4, -0.2) is 4.98 Å².